The molecular formula is C11H13NO2. The molecule has 0 radical (unpaired) electrons. The average Bonchev–Trinajstić information content (AvgIpc) is 2.41. The number of hydrogen-bond acceptors (Lipinski definition) is 2. The standard InChI is InChI=1S/C11H13NO2/c1-6-9-7(2)12(4)8(3)10(9)11(13)14-5/h1H,2-5H3. The van der Waals surface area contributed by atoms with Gasteiger partial charge < -0.3 is 9.30 Å². The molecule has 1 aromatic rings. The fourth-order valence-corrected chi connectivity index (χ4v) is 1.48. The van der Waals surface area contributed by atoms with Crippen LogP contribution >= 0.6 is 0 Å². The van der Waals surface area contributed by atoms with Gasteiger partial charge in [0.15, 0.2) is 0 Å². The molecule has 0 spiro atoms. The second-order valence-electron chi connectivity index (χ2n) is 3.12. The first kappa shape index (κ1) is 10.4. The number of rotatable bonds is 1. The van der Waals surface area contributed by atoms with E-state index in [0.29, 0.717) is 11.1 Å². The van der Waals surface area contributed by atoms with Crippen molar-refractivity contribution in [3.63, 3.8) is 0 Å². The number of terminal acetylenes is 1. The van der Waals surface area contributed by atoms with Crippen LogP contribution in [0.1, 0.15) is 27.3 Å². The Kier molecular flexibility index (Phi) is 2.66. The van der Waals surface area contributed by atoms with Gasteiger partial charge >= 0.3 is 5.97 Å². The zero-order chi connectivity index (χ0) is 10.9. The van der Waals surface area contributed by atoms with Gasteiger partial charge in [0.1, 0.15) is 0 Å². The third-order valence-electron chi connectivity index (χ3n) is 2.51. The van der Waals surface area contributed by atoms with E-state index in [1.165, 1.54) is 7.11 Å². The smallest absolute Gasteiger partial charge is 0.340 e. The predicted octanol–water partition coefficient (Wildman–Crippen LogP) is 1.41. The highest BCUT2D eigenvalue weighted by Crippen LogP contribution is 2.20. The third kappa shape index (κ3) is 1.29. The van der Waals surface area contributed by atoms with Crippen LogP contribution in [0.5, 0.6) is 0 Å². The van der Waals surface area contributed by atoms with Gasteiger partial charge in [0.05, 0.1) is 18.2 Å². The maximum absolute atomic E-state index is 11.4. The second-order valence-corrected chi connectivity index (χ2v) is 3.12. The lowest BCUT2D eigenvalue weighted by molar-refractivity contribution is 0.0599. The summed E-state index contributed by atoms with van der Waals surface area (Å²) in [6.45, 7) is 3.73. The predicted molar refractivity (Wildman–Crippen MR) is 54.2 cm³/mol. The minimum Gasteiger partial charge on any atom is -0.465 e. The summed E-state index contributed by atoms with van der Waals surface area (Å²) in [6, 6.07) is 0. The Bertz CT molecular complexity index is 421. The highest BCUT2D eigenvalue weighted by Gasteiger charge is 2.20. The molecule has 3 nitrogen and oxygen atoms in total. The first-order chi connectivity index (χ1) is 6.54. The van der Waals surface area contributed by atoms with Crippen molar-refractivity contribution in [1.82, 2.24) is 4.57 Å². The Balaban J connectivity index is 3.50. The van der Waals surface area contributed by atoms with Crippen LogP contribution in [0.4, 0.5) is 0 Å². The van der Waals surface area contributed by atoms with Crippen molar-refractivity contribution in [3.05, 3.63) is 22.5 Å². The molecule has 0 fully saturated rings. The molecule has 1 heterocycles. The minimum absolute atomic E-state index is 0.376. The van der Waals surface area contributed by atoms with Crippen molar-refractivity contribution in [2.24, 2.45) is 7.05 Å². The molecule has 0 aliphatic rings. The highest BCUT2D eigenvalue weighted by atomic mass is 16.5. The van der Waals surface area contributed by atoms with E-state index in [0.717, 1.165) is 11.4 Å². The molecule has 0 aliphatic carbocycles. The maximum Gasteiger partial charge on any atom is 0.340 e. The first-order valence-corrected chi connectivity index (χ1v) is 4.25. The number of aromatic nitrogens is 1. The maximum atomic E-state index is 11.4. The molecule has 1 aromatic heterocycles. The molecule has 0 atom stereocenters. The molecule has 0 aromatic carbocycles. The van der Waals surface area contributed by atoms with Gasteiger partial charge in [0.25, 0.3) is 0 Å². The van der Waals surface area contributed by atoms with Gasteiger partial charge in [-0.05, 0) is 13.8 Å². The van der Waals surface area contributed by atoms with E-state index in [1.807, 2.05) is 25.5 Å². The van der Waals surface area contributed by atoms with Crippen molar-refractivity contribution in [2.45, 2.75) is 13.8 Å². The van der Waals surface area contributed by atoms with Gasteiger partial charge in [0.2, 0.25) is 0 Å². The van der Waals surface area contributed by atoms with E-state index >= 15 is 0 Å². The van der Waals surface area contributed by atoms with Crippen LogP contribution in [-0.4, -0.2) is 17.6 Å². The molecule has 14 heavy (non-hydrogen) atoms. The van der Waals surface area contributed by atoms with Gasteiger partial charge in [-0.3, -0.25) is 0 Å². The Hall–Kier alpha value is -1.69. The summed E-state index contributed by atoms with van der Waals surface area (Å²) in [5, 5.41) is 0. The summed E-state index contributed by atoms with van der Waals surface area (Å²) < 4.78 is 6.57. The molecule has 0 saturated carbocycles. The number of carbonyl (C=O) groups excluding carboxylic acids is 1. The minimum atomic E-state index is -0.376. The van der Waals surface area contributed by atoms with Crippen LogP contribution in [0.2, 0.25) is 0 Å². The number of esters is 1. The van der Waals surface area contributed by atoms with Crippen LogP contribution < -0.4 is 0 Å². The van der Waals surface area contributed by atoms with Gasteiger partial charge in [-0.1, -0.05) is 5.92 Å². The third-order valence-corrected chi connectivity index (χ3v) is 2.51. The van der Waals surface area contributed by atoms with Crippen LogP contribution in [-0.2, 0) is 11.8 Å². The van der Waals surface area contributed by atoms with E-state index in [-0.39, 0.29) is 5.97 Å². The lowest BCUT2D eigenvalue weighted by Crippen LogP contribution is -2.04. The number of carbonyl (C=O) groups is 1. The van der Waals surface area contributed by atoms with Crippen LogP contribution in [0.3, 0.4) is 0 Å². The Morgan fingerprint density at radius 3 is 2.43 bits per heavy atom. The largest absolute Gasteiger partial charge is 0.465 e. The lowest BCUT2D eigenvalue weighted by atomic mass is 10.1. The monoisotopic (exact) mass is 191 g/mol. The fourth-order valence-electron chi connectivity index (χ4n) is 1.48. The topological polar surface area (TPSA) is 31.2 Å². The van der Waals surface area contributed by atoms with Crippen LogP contribution in [0, 0.1) is 26.2 Å². The van der Waals surface area contributed by atoms with Gasteiger partial charge in [-0.2, -0.15) is 0 Å². The van der Waals surface area contributed by atoms with E-state index in [1.54, 1.807) is 0 Å². The fraction of sp³-hybridized carbons (Fsp3) is 0.364. The van der Waals surface area contributed by atoms with Crippen molar-refractivity contribution < 1.29 is 9.53 Å². The molecule has 0 saturated heterocycles. The van der Waals surface area contributed by atoms with E-state index in [9.17, 15) is 4.79 Å². The Labute approximate surface area is 83.7 Å². The summed E-state index contributed by atoms with van der Waals surface area (Å²) in [5.41, 5.74) is 2.86. The highest BCUT2D eigenvalue weighted by molar-refractivity contribution is 5.94. The van der Waals surface area contributed by atoms with Gasteiger partial charge in [-0.25, -0.2) is 4.79 Å². The van der Waals surface area contributed by atoms with E-state index in [2.05, 4.69) is 10.7 Å². The number of ether oxygens (including phenoxy) is 1. The Morgan fingerprint density at radius 2 is 2.00 bits per heavy atom. The summed E-state index contributed by atoms with van der Waals surface area (Å²) in [4.78, 5) is 11.4. The zero-order valence-corrected chi connectivity index (χ0v) is 8.84. The molecule has 0 aliphatic heterocycles. The average molecular weight is 191 g/mol. The van der Waals surface area contributed by atoms with E-state index < -0.39 is 0 Å². The van der Waals surface area contributed by atoms with E-state index in [4.69, 9.17) is 6.42 Å². The zero-order valence-electron chi connectivity index (χ0n) is 8.84. The normalized spacial score (nSPS) is 9.64. The molecule has 0 amide bonds. The van der Waals surface area contributed by atoms with Crippen molar-refractivity contribution in [2.75, 3.05) is 7.11 Å². The quantitative estimate of drug-likeness (QED) is 0.496. The molecule has 74 valence electrons. The van der Waals surface area contributed by atoms with Crippen molar-refractivity contribution in [3.8, 4) is 12.3 Å². The molecule has 0 unspecified atom stereocenters. The lowest BCUT2D eigenvalue weighted by Gasteiger charge is -2.00. The van der Waals surface area contributed by atoms with Gasteiger partial charge in [0, 0.05) is 18.4 Å². The number of hydrogen-bond donors (Lipinski definition) is 0. The molecule has 3 heteroatoms. The van der Waals surface area contributed by atoms with Crippen molar-refractivity contribution >= 4 is 5.97 Å². The molecular weight excluding hydrogens is 178 g/mol. The van der Waals surface area contributed by atoms with Crippen molar-refractivity contribution in [1.29, 1.82) is 0 Å². The molecule has 0 bridgehead atoms. The summed E-state index contributed by atoms with van der Waals surface area (Å²) in [6.07, 6.45) is 5.36. The van der Waals surface area contributed by atoms with Crippen LogP contribution in [0.25, 0.3) is 0 Å². The summed E-state index contributed by atoms with van der Waals surface area (Å²) in [5.74, 6) is 2.14. The second kappa shape index (κ2) is 3.59. The molecule has 0 N–H and O–H groups in total. The molecule has 1 rings (SSSR count). The Morgan fingerprint density at radius 1 is 1.43 bits per heavy atom. The number of methoxy groups -OCH3 is 1. The SMILES string of the molecule is C#Cc1c(C(=O)OC)c(C)n(C)c1C. The number of nitrogens with zero attached hydrogens (tertiary/aromatic N) is 1. The summed E-state index contributed by atoms with van der Waals surface area (Å²) in [7, 11) is 3.22. The first-order valence-electron chi connectivity index (χ1n) is 4.25. The van der Waals surface area contributed by atoms with Gasteiger partial charge in [-0.15, -0.1) is 6.42 Å². The van der Waals surface area contributed by atoms with Crippen LogP contribution in [0.15, 0.2) is 0 Å². The summed E-state index contributed by atoms with van der Waals surface area (Å²) >= 11 is 0.